The first kappa shape index (κ1) is 32.0. The van der Waals surface area contributed by atoms with Gasteiger partial charge in [-0.05, 0) is 54.4 Å². The average molecular weight is 639 g/mol. The highest BCUT2D eigenvalue weighted by Crippen LogP contribution is 2.34. The van der Waals surface area contributed by atoms with Crippen molar-refractivity contribution < 1.29 is 14.2 Å². The summed E-state index contributed by atoms with van der Waals surface area (Å²) in [5, 5.41) is 15.4. The number of piperazine rings is 1. The van der Waals surface area contributed by atoms with Crippen LogP contribution in [0.15, 0.2) is 95.1 Å². The van der Waals surface area contributed by atoms with Crippen molar-refractivity contribution >= 4 is 23.8 Å². The molecule has 4 aromatic rings. The summed E-state index contributed by atoms with van der Waals surface area (Å²) in [4.78, 5) is 17.5. The van der Waals surface area contributed by atoms with E-state index in [1.807, 2.05) is 54.6 Å². The normalized spacial score (nSPS) is 19.9. The predicted molar refractivity (Wildman–Crippen MR) is 183 cm³/mol. The first-order chi connectivity index (χ1) is 22.9. The van der Waals surface area contributed by atoms with E-state index in [0.29, 0.717) is 32.2 Å². The highest BCUT2D eigenvalue weighted by atomic mass is 16.8. The van der Waals surface area contributed by atoms with Crippen LogP contribution in [0.25, 0.3) is 5.69 Å². The first-order valence-electron chi connectivity index (χ1n) is 16.0. The van der Waals surface area contributed by atoms with Crippen molar-refractivity contribution in [3.05, 3.63) is 101 Å². The Kier molecular flexibility index (Phi) is 9.98. The van der Waals surface area contributed by atoms with Gasteiger partial charge in [0.1, 0.15) is 24.8 Å². The number of ether oxygens (including phenoxy) is 3. The Bertz CT molecular complexity index is 1680. The second-order valence-electron chi connectivity index (χ2n) is 12.1. The van der Waals surface area contributed by atoms with Crippen molar-refractivity contribution in [2.24, 2.45) is 11.0 Å². The number of nitrogens with one attached hydrogen (secondary N) is 2. The molecule has 12 nitrogen and oxygen atoms in total. The summed E-state index contributed by atoms with van der Waals surface area (Å²) in [5.74, 6) is 0.141. The van der Waals surface area contributed by atoms with E-state index in [0.717, 1.165) is 60.8 Å². The zero-order valence-electron chi connectivity index (χ0n) is 26.9. The van der Waals surface area contributed by atoms with Gasteiger partial charge in [0.2, 0.25) is 5.79 Å². The lowest BCUT2D eigenvalue weighted by molar-refractivity contribution is -0.175. The molecule has 0 saturated carbocycles. The van der Waals surface area contributed by atoms with Gasteiger partial charge in [0.05, 0.1) is 25.1 Å². The fourth-order valence-electron chi connectivity index (χ4n) is 5.90. The number of nitrogens with zero attached hydrogens (tertiary/aromatic N) is 6. The summed E-state index contributed by atoms with van der Waals surface area (Å²) in [6.07, 6.45) is 3.82. The molecule has 12 heteroatoms. The molecule has 2 atom stereocenters. The number of hydrazone groups is 1. The Morgan fingerprint density at radius 1 is 0.979 bits per heavy atom. The van der Waals surface area contributed by atoms with E-state index < -0.39 is 5.79 Å². The van der Waals surface area contributed by atoms with E-state index >= 15 is 0 Å². The molecule has 0 spiro atoms. The molecular formula is C35H42N8O4. The third kappa shape index (κ3) is 7.55. The minimum absolute atomic E-state index is 0.113. The fourth-order valence-corrected chi connectivity index (χ4v) is 5.90. The smallest absolute Gasteiger partial charge is 0.350 e. The van der Waals surface area contributed by atoms with E-state index in [4.69, 9.17) is 19.6 Å². The van der Waals surface area contributed by atoms with Crippen LogP contribution in [0.5, 0.6) is 5.75 Å². The maximum Gasteiger partial charge on any atom is 0.350 e. The Labute approximate surface area is 274 Å². The number of hydrogen-bond donors (Lipinski definition) is 2. The quantitative estimate of drug-likeness (QED) is 0.167. The number of hydrogen-bond acceptors (Lipinski definition) is 10. The summed E-state index contributed by atoms with van der Waals surface area (Å²) in [6, 6.07) is 26.1. The van der Waals surface area contributed by atoms with Crippen molar-refractivity contribution in [3.63, 3.8) is 0 Å². The lowest BCUT2D eigenvalue weighted by Crippen LogP contribution is -2.46. The standard InChI is InChI=1S/C35H42N8O4/c1-27(2)22-43-34(44)42(26-39-43)31-10-8-29(9-11-31)40-18-20-41(21-19-40)30-12-14-32(15-13-30)45-23-33-24-46-35(47-33,25-38-37-17-16-36)28-6-4-3-5-7-28/h3-17,26-27,33,36,38H,18-25H2,1-2H3/b36-16?,37-17-/t33-,35-/m1/s1. The van der Waals surface area contributed by atoms with Crippen LogP contribution in [0.4, 0.5) is 11.4 Å². The molecule has 0 radical (unpaired) electrons. The fraction of sp³-hybridized carbons (Fsp3) is 0.371. The van der Waals surface area contributed by atoms with Gasteiger partial charge in [-0.25, -0.2) is 14.0 Å². The summed E-state index contributed by atoms with van der Waals surface area (Å²) in [5.41, 5.74) is 6.83. The molecule has 0 amide bonds. The van der Waals surface area contributed by atoms with Crippen LogP contribution in [0.1, 0.15) is 19.4 Å². The van der Waals surface area contributed by atoms with Crippen molar-refractivity contribution in [3.8, 4) is 11.4 Å². The van der Waals surface area contributed by atoms with Crippen LogP contribution < -0.4 is 25.7 Å². The summed E-state index contributed by atoms with van der Waals surface area (Å²) in [6.45, 7) is 9.38. The van der Waals surface area contributed by atoms with Gasteiger partial charge >= 0.3 is 5.69 Å². The molecule has 3 aromatic carbocycles. The average Bonchev–Trinajstić information content (AvgIpc) is 3.70. The zero-order valence-corrected chi connectivity index (χ0v) is 26.9. The highest BCUT2D eigenvalue weighted by molar-refractivity contribution is 6.14. The van der Waals surface area contributed by atoms with Gasteiger partial charge in [-0.3, -0.25) is 0 Å². The van der Waals surface area contributed by atoms with E-state index in [1.54, 1.807) is 10.9 Å². The molecule has 246 valence electrons. The molecule has 2 N–H and O–H groups in total. The van der Waals surface area contributed by atoms with Gasteiger partial charge in [0, 0.05) is 55.9 Å². The monoisotopic (exact) mass is 638 g/mol. The van der Waals surface area contributed by atoms with E-state index in [2.05, 4.69) is 63.5 Å². The van der Waals surface area contributed by atoms with Crippen molar-refractivity contribution in [1.29, 1.82) is 5.41 Å². The van der Waals surface area contributed by atoms with Crippen LogP contribution in [0.3, 0.4) is 0 Å². The Morgan fingerprint density at radius 2 is 1.62 bits per heavy atom. The van der Waals surface area contributed by atoms with Gasteiger partial charge in [0.25, 0.3) is 0 Å². The van der Waals surface area contributed by atoms with E-state index in [1.165, 1.54) is 10.9 Å². The van der Waals surface area contributed by atoms with Crippen molar-refractivity contribution in [2.45, 2.75) is 32.3 Å². The van der Waals surface area contributed by atoms with E-state index in [-0.39, 0.29) is 11.8 Å². The molecule has 1 aromatic heterocycles. The number of benzene rings is 3. The van der Waals surface area contributed by atoms with Crippen LogP contribution in [0, 0.1) is 11.3 Å². The summed E-state index contributed by atoms with van der Waals surface area (Å²) < 4.78 is 21.8. The van der Waals surface area contributed by atoms with Crippen LogP contribution in [0.2, 0.25) is 0 Å². The minimum Gasteiger partial charge on any atom is -0.491 e. The molecule has 0 bridgehead atoms. The second kappa shape index (κ2) is 14.7. The Hall–Kier alpha value is -4.94. The van der Waals surface area contributed by atoms with Gasteiger partial charge in [0.15, 0.2) is 0 Å². The number of aromatic nitrogens is 3. The largest absolute Gasteiger partial charge is 0.491 e. The SMILES string of the molecule is CC(C)Cn1ncn(-c2ccc(N3CCN(c4ccc(OC[C@@H]5CO[C@@](CN/N=C\C=N)(c6ccccc6)O5)cc4)CC3)cc2)c1=O. The lowest BCUT2D eigenvalue weighted by Gasteiger charge is -2.37. The van der Waals surface area contributed by atoms with Crippen molar-refractivity contribution in [1.82, 2.24) is 19.8 Å². The number of rotatable bonds is 13. The number of anilines is 2. The predicted octanol–water partition coefficient (Wildman–Crippen LogP) is 3.89. The highest BCUT2D eigenvalue weighted by Gasteiger charge is 2.43. The van der Waals surface area contributed by atoms with Crippen LogP contribution >= 0.6 is 0 Å². The zero-order chi connectivity index (χ0) is 32.6. The topological polar surface area (TPSA) is 122 Å². The first-order valence-corrected chi connectivity index (χ1v) is 16.0. The van der Waals surface area contributed by atoms with Gasteiger partial charge < -0.3 is 34.8 Å². The van der Waals surface area contributed by atoms with Crippen molar-refractivity contribution in [2.75, 3.05) is 55.7 Å². The van der Waals surface area contributed by atoms with Gasteiger partial charge in [-0.1, -0.05) is 44.2 Å². The van der Waals surface area contributed by atoms with Gasteiger partial charge in [-0.2, -0.15) is 10.2 Å². The van der Waals surface area contributed by atoms with E-state index in [9.17, 15) is 4.79 Å². The summed E-state index contributed by atoms with van der Waals surface area (Å²) in [7, 11) is 0. The molecule has 2 aliphatic heterocycles. The molecular weight excluding hydrogens is 596 g/mol. The molecule has 2 fully saturated rings. The molecule has 47 heavy (non-hydrogen) atoms. The van der Waals surface area contributed by atoms with Crippen LogP contribution in [-0.4, -0.2) is 78.8 Å². The maximum absolute atomic E-state index is 12.7. The molecule has 2 saturated heterocycles. The third-order valence-electron chi connectivity index (χ3n) is 8.31. The Balaban J connectivity index is 0.991. The maximum atomic E-state index is 12.7. The molecule has 0 unspecified atom stereocenters. The minimum atomic E-state index is -0.987. The second-order valence-corrected chi connectivity index (χ2v) is 12.1. The summed E-state index contributed by atoms with van der Waals surface area (Å²) >= 11 is 0. The lowest BCUT2D eigenvalue weighted by atomic mass is 10.1. The molecule has 2 aliphatic rings. The molecule has 6 rings (SSSR count). The van der Waals surface area contributed by atoms with Crippen LogP contribution in [-0.2, 0) is 21.8 Å². The third-order valence-corrected chi connectivity index (χ3v) is 8.31. The van der Waals surface area contributed by atoms with Gasteiger partial charge in [-0.15, -0.1) is 0 Å². The molecule has 3 heterocycles. The Morgan fingerprint density at radius 3 is 2.26 bits per heavy atom. The molecule has 0 aliphatic carbocycles.